The number of hydrogen-bond acceptors (Lipinski definition) is 5. The van der Waals surface area contributed by atoms with Gasteiger partial charge in [-0.3, -0.25) is 4.98 Å². The highest BCUT2D eigenvalue weighted by molar-refractivity contribution is 5.31. The van der Waals surface area contributed by atoms with Crippen LogP contribution in [0.15, 0.2) is 12.4 Å². The van der Waals surface area contributed by atoms with Gasteiger partial charge in [0.1, 0.15) is 0 Å². The molecule has 0 saturated carbocycles. The first-order chi connectivity index (χ1) is 7.76. The Morgan fingerprint density at radius 3 is 2.41 bits per heavy atom. The fourth-order valence-corrected chi connectivity index (χ4v) is 0.734. The summed E-state index contributed by atoms with van der Waals surface area (Å²) >= 11 is 0. The maximum Gasteiger partial charge on any atom is 0.456 e. The van der Waals surface area contributed by atoms with E-state index in [-0.39, 0.29) is 5.82 Å². The molecule has 5 nitrogen and oxygen atoms in total. The Labute approximate surface area is 91.8 Å². The van der Waals surface area contributed by atoms with Crippen molar-refractivity contribution in [1.82, 2.24) is 9.97 Å². The van der Waals surface area contributed by atoms with Crippen LogP contribution in [0.4, 0.5) is 27.8 Å². The van der Waals surface area contributed by atoms with Crippen molar-refractivity contribution in [3.63, 3.8) is 0 Å². The number of nitrogens with zero attached hydrogens (tertiary/aromatic N) is 2. The van der Waals surface area contributed by atoms with E-state index in [1.54, 1.807) is 0 Å². The van der Waals surface area contributed by atoms with Crippen LogP contribution in [0.5, 0.6) is 5.88 Å². The first-order valence-electron chi connectivity index (χ1n) is 4.12. The molecule has 96 valence electrons. The smallest absolute Gasteiger partial charge is 0.456 e. The second-order valence-electron chi connectivity index (χ2n) is 2.88. The fraction of sp³-hybridized carbons (Fsp3) is 0.429. The van der Waals surface area contributed by atoms with Crippen LogP contribution in [-0.2, 0) is 0 Å². The number of rotatable bonds is 4. The predicted octanol–water partition coefficient (Wildman–Crippen LogP) is 1.34. The molecular formula is C7H7F5N4O. The zero-order valence-corrected chi connectivity index (χ0v) is 8.13. The highest BCUT2D eigenvalue weighted by Gasteiger charge is 2.58. The van der Waals surface area contributed by atoms with Crippen molar-refractivity contribution in [2.45, 2.75) is 12.1 Å². The second kappa shape index (κ2) is 4.65. The van der Waals surface area contributed by atoms with E-state index in [0.717, 1.165) is 12.4 Å². The largest absolute Gasteiger partial charge is 0.470 e. The van der Waals surface area contributed by atoms with Crippen molar-refractivity contribution in [1.29, 1.82) is 0 Å². The molecule has 0 saturated heterocycles. The highest BCUT2D eigenvalue weighted by Crippen LogP contribution is 2.35. The number of nitrogens with one attached hydrogen (secondary N) is 1. The van der Waals surface area contributed by atoms with E-state index in [9.17, 15) is 22.0 Å². The molecule has 3 N–H and O–H groups in total. The van der Waals surface area contributed by atoms with E-state index < -0.39 is 24.6 Å². The van der Waals surface area contributed by atoms with Crippen molar-refractivity contribution in [2.24, 2.45) is 5.84 Å². The third-order valence-electron chi connectivity index (χ3n) is 1.58. The molecule has 0 aliphatic rings. The maximum atomic E-state index is 12.5. The number of aromatic nitrogens is 2. The normalized spacial score (nSPS) is 12.4. The number of nitrogens with two attached hydrogens (primary N) is 1. The Morgan fingerprint density at radius 2 is 1.88 bits per heavy atom. The number of halogens is 5. The number of hydrazine groups is 1. The van der Waals surface area contributed by atoms with Gasteiger partial charge < -0.3 is 10.2 Å². The molecule has 0 aliphatic carbocycles. The standard InChI is InChI=1S/C7H7F5N4O/c8-6(9,7(10,11)12)3-17-5-2-14-1-4(15-5)16-13/h1-2H,3,13H2,(H,15,16). The third kappa shape index (κ3) is 3.37. The molecule has 1 heterocycles. The van der Waals surface area contributed by atoms with Gasteiger partial charge in [0.15, 0.2) is 12.4 Å². The molecule has 0 radical (unpaired) electrons. The lowest BCUT2D eigenvalue weighted by atomic mass is 10.3. The molecule has 1 rings (SSSR count). The zero-order chi connectivity index (χ0) is 13.1. The number of hydrogen-bond donors (Lipinski definition) is 2. The minimum absolute atomic E-state index is 0.0298. The van der Waals surface area contributed by atoms with Gasteiger partial charge in [-0.2, -0.15) is 26.9 Å². The first-order valence-corrected chi connectivity index (χ1v) is 4.12. The monoisotopic (exact) mass is 258 g/mol. The number of nitrogen functional groups attached to an aromatic ring is 1. The van der Waals surface area contributed by atoms with Crippen LogP contribution in [0.1, 0.15) is 0 Å². The Bertz CT molecular complexity index is 383. The summed E-state index contributed by atoms with van der Waals surface area (Å²) in [6.45, 7) is -1.88. The zero-order valence-electron chi connectivity index (χ0n) is 8.13. The lowest BCUT2D eigenvalue weighted by molar-refractivity contribution is -0.290. The first kappa shape index (κ1) is 13.4. The second-order valence-corrected chi connectivity index (χ2v) is 2.88. The van der Waals surface area contributed by atoms with Crippen LogP contribution in [0.2, 0.25) is 0 Å². The Balaban J connectivity index is 2.67. The van der Waals surface area contributed by atoms with Gasteiger partial charge in [-0.15, -0.1) is 0 Å². The topological polar surface area (TPSA) is 73.1 Å². The van der Waals surface area contributed by atoms with Gasteiger partial charge in [-0.1, -0.05) is 0 Å². The molecule has 17 heavy (non-hydrogen) atoms. The van der Waals surface area contributed by atoms with E-state index in [4.69, 9.17) is 5.84 Å². The van der Waals surface area contributed by atoms with Gasteiger partial charge in [0.25, 0.3) is 0 Å². The van der Waals surface area contributed by atoms with Crippen LogP contribution in [0.3, 0.4) is 0 Å². The van der Waals surface area contributed by atoms with Crippen LogP contribution in [0, 0.1) is 0 Å². The van der Waals surface area contributed by atoms with E-state index in [2.05, 4.69) is 14.7 Å². The summed E-state index contributed by atoms with van der Waals surface area (Å²) in [4.78, 5) is 6.92. The number of ether oxygens (including phenoxy) is 1. The van der Waals surface area contributed by atoms with Gasteiger partial charge in [-0.05, 0) is 0 Å². The molecule has 0 unspecified atom stereocenters. The summed E-state index contributed by atoms with van der Waals surface area (Å²) in [5.41, 5.74) is 2.03. The summed E-state index contributed by atoms with van der Waals surface area (Å²) < 4.78 is 64.5. The average molecular weight is 258 g/mol. The molecule has 0 atom stereocenters. The Hall–Kier alpha value is -1.71. The predicted molar refractivity (Wildman–Crippen MR) is 46.3 cm³/mol. The highest BCUT2D eigenvalue weighted by atomic mass is 19.4. The van der Waals surface area contributed by atoms with E-state index in [0.29, 0.717) is 0 Å². The summed E-state index contributed by atoms with van der Waals surface area (Å²) in [5, 5.41) is 0. The van der Waals surface area contributed by atoms with Crippen molar-refractivity contribution >= 4 is 5.82 Å². The van der Waals surface area contributed by atoms with Crippen molar-refractivity contribution in [3.8, 4) is 5.88 Å². The van der Waals surface area contributed by atoms with E-state index in [1.807, 2.05) is 5.43 Å². The van der Waals surface area contributed by atoms with Gasteiger partial charge in [-0.25, -0.2) is 5.84 Å². The maximum absolute atomic E-state index is 12.5. The van der Waals surface area contributed by atoms with Gasteiger partial charge in [0.2, 0.25) is 5.88 Å². The molecule has 0 aliphatic heterocycles. The summed E-state index contributed by atoms with van der Waals surface area (Å²) in [6.07, 6.45) is -3.66. The van der Waals surface area contributed by atoms with Crippen molar-refractivity contribution < 1.29 is 26.7 Å². The molecule has 0 bridgehead atoms. The summed E-state index contributed by atoms with van der Waals surface area (Å²) in [5.74, 6) is -0.550. The molecule has 1 aromatic heterocycles. The SMILES string of the molecule is NNc1cncc(OCC(F)(F)C(F)(F)F)n1. The molecule has 0 fully saturated rings. The molecule has 0 amide bonds. The Morgan fingerprint density at radius 1 is 1.24 bits per heavy atom. The average Bonchev–Trinajstić information content (AvgIpc) is 2.25. The Kier molecular flexibility index (Phi) is 3.66. The molecule has 0 aromatic carbocycles. The van der Waals surface area contributed by atoms with Crippen LogP contribution < -0.4 is 16.0 Å². The lowest BCUT2D eigenvalue weighted by Gasteiger charge is -2.19. The van der Waals surface area contributed by atoms with E-state index in [1.165, 1.54) is 0 Å². The molecular weight excluding hydrogens is 251 g/mol. The third-order valence-corrected chi connectivity index (χ3v) is 1.58. The van der Waals surface area contributed by atoms with Gasteiger partial charge in [0.05, 0.1) is 12.4 Å². The van der Waals surface area contributed by atoms with Crippen molar-refractivity contribution in [2.75, 3.05) is 12.0 Å². The van der Waals surface area contributed by atoms with Crippen LogP contribution >= 0.6 is 0 Å². The molecule has 0 spiro atoms. The van der Waals surface area contributed by atoms with Gasteiger partial charge >= 0.3 is 12.1 Å². The van der Waals surface area contributed by atoms with Gasteiger partial charge in [0, 0.05) is 0 Å². The number of anilines is 1. The fourth-order valence-electron chi connectivity index (χ4n) is 0.734. The van der Waals surface area contributed by atoms with Crippen molar-refractivity contribution in [3.05, 3.63) is 12.4 Å². The lowest BCUT2D eigenvalue weighted by Crippen LogP contribution is -2.41. The van der Waals surface area contributed by atoms with E-state index >= 15 is 0 Å². The molecule has 10 heteroatoms. The minimum atomic E-state index is -5.68. The minimum Gasteiger partial charge on any atom is -0.470 e. The number of alkyl halides is 5. The summed E-state index contributed by atoms with van der Waals surface area (Å²) in [7, 11) is 0. The van der Waals surface area contributed by atoms with Crippen LogP contribution in [-0.4, -0.2) is 28.7 Å². The van der Waals surface area contributed by atoms with Crippen LogP contribution in [0.25, 0.3) is 0 Å². The quantitative estimate of drug-likeness (QED) is 0.484. The molecule has 1 aromatic rings. The summed E-state index contributed by atoms with van der Waals surface area (Å²) in [6, 6.07) is 0.